The van der Waals surface area contributed by atoms with Gasteiger partial charge in [0.15, 0.2) is 0 Å². The van der Waals surface area contributed by atoms with Gasteiger partial charge in [-0.2, -0.15) is 22.6 Å². The van der Waals surface area contributed by atoms with Gasteiger partial charge in [-0.1, -0.05) is 0 Å². The summed E-state index contributed by atoms with van der Waals surface area (Å²) in [6.45, 7) is 0.241. The first-order chi connectivity index (χ1) is 10.7. The molecule has 0 bridgehead atoms. The van der Waals surface area contributed by atoms with Crippen LogP contribution in [0.2, 0.25) is 0 Å². The van der Waals surface area contributed by atoms with Crippen molar-refractivity contribution in [3.05, 3.63) is 12.4 Å². The SMILES string of the molecule is COCCn1cc(S(=O)(=O)N2CC(N)CCC2C(F)(F)F)cn1. The van der Waals surface area contributed by atoms with E-state index in [1.54, 1.807) is 0 Å². The molecule has 2 atom stereocenters. The third-order valence-corrected chi connectivity index (χ3v) is 5.52. The summed E-state index contributed by atoms with van der Waals surface area (Å²) in [6.07, 6.45) is -2.62. The van der Waals surface area contributed by atoms with Gasteiger partial charge in [0.1, 0.15) is 10.9 Å². The molecule has 0 radical (unpaired) electrons. The minimum Gasteiger partial charge on any atom is -0.383 e. The van der Waals surface area contributed by atoms with Crippen molar-refractivity contribution >= 4 is 10.0 Å². The molecule has 23 heavy (non-hydrogen) atoms. The fraction of sp³-hybridized carbons (Fsp3) is 0.750. The van der Waals surface area contributed by atoms with E-state index in [2.05, 4.69) is 5.10 Å². The summed E-state index contributed by atoms with van der Waals surface area (Å²) in [7, 11) is -2.85. The van der Waals surface area contributed by atoms with Crippen LogP contribution in [0.3, 0.4) is 0 Å². The third-order valence-electron chi connectivity index (χ3n) is 3.69. The van der Waals surface area contributed by atoms with Gasteiger partial charge in [-0.15, -0.1) is 0 Å². The number of halogens is 3. The maximum Gasteiger partial charge on any atom is 0.405 e. The van der Waals surface area contributed by atoms with Gasteiger partial charge in [-0.25, -0.2) is 8.42 Å². The normalized spacial score (nSPS) is 24.0. The molecule has 1 fully saturated rings. The predicted molar refractivity (Wildman–Crippen MR) is 75.0 cm³/mol. The van der Waals surface area contributed by atoms with Crippen molar-refractivity contribution in [1.29, 1.82) is 0 Å². The third kappa shape index (κ3) is 4.03. The van der Waals surface area contributed by atoms with Crippen molar-refractivity contribution in [2.24, 2.45) is 5.73 Å². The van der Waals surface area contributed by atoms with Crippen molar-refractivity contribution in [1.82, 2.24) is 14.1 Å². The summed E-state index contributed by atoms with van der Waals surface area (Å²) in [5.41, 5.74) is 5.67. The van der Waals surface area contributed by atoms with Crippen LogP contribution in [-0.4, -0.2) is 61.0 Å². The Morgan fingerprint density at radius 3 is 2.74 bits per heavy atom. The van der Waals surface area contributed by atoms with Gasteiger partial charge in [0.2, 0.25) is 10.0 Å². The molecule has 0 aromatic carbocycles. The van der Waals surface area contributed by atoms with Gasteiger partial charge in [0.25, 0.3) is 0 Å². The minimum atomic E-state index is -4.64. The summed E-state index contributed by atoms with van der Waals surface area (Å²) in [5.74, 6) is 0. The van der Waals surface area contributed by atoms with Crippen LogP contribution < -0.4 is 5.73 Å². The van der Waals surface area contributed by atoms with Gasteiger partial charge in [-0.3, -0.25) is 4.68 Å². The second-order valence-electron chi connectivity index (χ2n) is 5.40. The Balaban J connectivity index is 2.29. The van der Waals surface area contributed by atoms with E-state index in [-0.39, 0.29) is 24.3 Å². The Hall–Kier alpha value is -1.17. The minimum absolute atomic E-state index is 0.128. The smallest absolute Gasteiger partial charge is 0.383 e. The lowest BCUT2D eigenvalue weighted by Crippen LogP contribution is -2.56. The lowest BCUT2D eigenvalue weighted by molar-refractivity contribution is -0.178. The van der Waals surface area contributed by atoms with Gasteiger partial charge < -0.3 is 10.5 Å². The number of sulfonamides is 1. The van der Waals surface area contributed by atoms with E-state index < -0.39 is 28.3 Å². The zero-order chi connectivity index (χ0) is 17.3. The Morgan fingerprint density at radius 2 is 2.13 bits per heavy atom. The summed E-state index contributed by atoms with van der Waals surface area (Å²) in [6, 6.07) is -2.68. The molecular weight excluding hydrogens is 337 g/mol. The molecule has 1 aliphatic heterocycles. The van der Waals surface area contributed by atoms with Crippen LogP contribution in [0.5, 0.6) is 0 Å². The average molecular weight is 356 g/mol. The highest BCUT2D eigenvalue weighted by Gasteiger charge is 2.50. The molecule has 132 valence electrons. The summed E-state index contributed by atoms with van der Waals surface area (Å²) in [4.78, 5) is -0.281. The van der Waals surface area contributed by atoms with E-state index in [1.165, 1.54) is 18.0 Å². The lowest BCUT2D eigenvalue weighted by Gasteiger charge is -2.37. The maximum absolute atomic E-state index is 13.2. The van der Waals surface area contributed by atoms with E-state index in [1.807, 2.05) is 0 Å². The monoisotopic (exact) mass is 356 g/mol. The number of ether oxygens (including phenoxy) is 1. The highest BCUT2D eigenvalue weighted by Crippen LogP contribution is 2.35. The number of piperidine rings is 1. The van der Waals surface area contributed by atoms with E-state index in [0.29, 0.717) is 17.5 Å². The van der Waals surface area contributed by atoms with E-state index in [4.69, 9.17) is 10.5 Å². The molecule has 11 heteroatoms. The number of hydrogen-bond donors (Lipinski definition) is 1. The quantitative estimate of drug-likeness (QED) is 0.833. The number of methoxy groups -OCH3 is 1. The molecule has 1 aromatic heterocycles. The van der Waals surface area contributed by atoms with Gasteiger partial charge >= 0.3 is 6.18 Å². The molecule has 1 aromatic rings. The zero-order valence-electron chi connectivity index (χ0n) is 12.5. The molecule has 0 saturated carbocycles. The molecule has 2 N–H and O–H groups in total. The van der Waals surface area contributed by atoms with Crippen molar-refractivity contribution in [3.63, 3.8) is 0 Å². The highest BCUT2D eigenvalue weighted by molar-refractivity contribution is 7.89. The number of hydrogen-bond acceptors (Lipinski definition) is 5. The molecule has 0 amide bonds. The predicted octanol–water partition coefficient (Wildman–Crippen LogP) is 0.572. The molecule has 0 spiro atoms. The molecule has 0 aliphatic carbocycles. The molecule has 2 heterocycles. The number of nitrogens with zero attached hydrogens (tertiary/aromatic N) is 3. The van der Waals surface area contributed by atoms with Crippen LogP contribution in [0.1, 0.15) is 12.8 Å². The van der Waals surface area contributed by atoms with E-state index in [0.717, 1.165) is 6.20 Å². The van der Waals surface area contributed by atoms with Crippen LogP contribution in [0.4, 0.5) is 13.2 Å². The van der Waals surface area contributed by atoms with Crippen molar-refractivity contribution in [3.8, 4) is 0 Å². The largest absolute Gasteiger partial charge is 0.405 e. The Bertz CT molecular complexity index is 632. The summed E-state index contributed by atoms with van der Waals surface area (Å²) < 4.78 is 71.2. The molecular formula is C12H19F3N4O3S. The summed E-state index contributed by atoms with van der Waals surface area (Å²) >= 11 is 0. The molecule has 2 rings (SSSR count). The fourth-order valence-electron chi connectivity index (χ4n) is 2.48. The first-order valence-electron chi connectivity index (χ1n) is 7.02. The van der Waals surface area contributed by atoms with Crippen molar-refractivity contribution < 1.29 is 26.3 Å². The Morgan fingerprint density at radius 1 is 1.43 bits per heavy atom. The topological polar surface area (TPSA) is 90.5 Å². The van der Waals surface area contributed by atoms with Crippen LogP contribution >= 0.6 is 0 Å². The van der Waals surface area contributed by atoms with Gasteiger partial charge in [0.05, 0.1) is 19.3 Å². The second-order valence-corrected chi connectivity index (χ2v) is 7.29. The first-order valence-corrected chi connectivity index (χ1v) is 8.46. The number of rotatable bonds is 5. The maximum atomic E-state index is 13.2. The fourth-order valence-corrected chi connectivity index (χ4v) is 4.13. The Labute approximate surface area is 132 Å². The first kappa shape index (κ1) is 18.2. The Kier molecular flexibility index (Phi) is 5.33. The summed E-state index contributed by atoms with van der Waals surface area (Å²) in [5, 5.41) is 3.84. The van der Waals surface area contributed by atoms with E-state index in [9.17, 15) is 21.6 Å². The standard InChI is InChI=1S/C12H19F3N4O3S/c1-22-5-4-18-8-10(6-17-18)23(20,21)19-7-9(16)2-3-11(19)12(13,14)15/h6,8-9,11H,2-5,7,16H2,1H3. The average Bonchev–Trinajstić information content (AvgIpc) is 2.93. The van der Waals surface area contributed by atoms with Gasteiger partial charge in [-0.05, 0) is 12.8 Å². The lowest BCUT2D eigenvalue weighted by atomic mass is 10.0. The van der Waals surface area contributed by atoms with E-state index >= 15 is 0 Å². The second kappa shape index (κ2) is 6.75. The molecule has 1 saturated heterocycles. The van der Waals surface area contributed by atoms with Crippen LogP contribution in [0, 0.1) is 0 Å². The molecule has 2 unspecified atom stereocenters. The highest BCUT2D eigenvalue weighted by atomic mass is 32.2. The number of aromatic nitrogens is 2. The van der Waals surface area contributed by atoms with Gasteiger partial charge in [0, 0.05) is 25.9 Å². The number of nitrogens with two attached hydrogens (primary N) is 1. The molecule has 7 nitrogen and oxygen atoms in total. The van der Waals surface area contributed by atoms with Crippen LogP contribution in [0.25, 0.3) is 0 Å². The van der Waals surface area contributed by atoms with Crippen LogP contribution in [0.15, 0.2) is 17.3 Å². The zero-order valence-corrected chi connectivity index (χ0v) is 13.3. The number of alkyl halides is 3. The van der Waals surface area contributed by atoms with Crippen molar-refractivity contribution in [2.45, 2.75) is 42.5 Å². The van der Waals surface area contributed by atoms with Crippen molar-refractivity contribution in [2.75, 3.05) is 20.3 Å². The molecule has 1 aliphatic rings. The van der Waals surface area contributed by atoms with Crippen LogP contribution in [-0.2, 0) is 21.3 Å².